The molecule has 3 rings (SSSR count). The van der Waals surface area contributed by atoms with Gasteiger partial charge in [-0.3, -0.25) is 0 Å². The standard InChI is InChI=1S/C14H17N3/c15-10-14(6-3-7-14)12-5-2-1-4-11(12)13-16-8-9-17-13/h1-2,4-5,8-9H,3,6-7,10,15H2,(H,16,17). The monoisotopic (exact) mass is 227 g/mol. The number of benzene rings is 1. The third-order valence-corrected chi connectivity index (χ3v) is 3.95. The van der Waals surface area contributed by atoms with Gasteiger partial charge in [-0.05, 0) is 18.4 Å². The van der Waals surface area contributed by atoms with E-state index in [9.17, 15) is 0 Å². The number of rotatable bonds is 3. The van der Waals surface area contributed by atoms with E-state index in [0.29, 0.717) is 0 Å². The van der Waals surface area contributed by atoms with Gasteiger partial charge in [-0.15, -0.1) is 0 Å². The summed E-state index contributed by atoms with van der Waals surface area (Å²) < 4.78 is 0. The SMILES string of the molecule is NCC1(c2ccccc2-c2ncc[nH]2)CCC1. The Kier molecular flexibility index (Phi) is 2.48. The molecule has 88 valence electrons. The van der Waals surface area contributed by atoms with Crippen molar-refractivity contribution in [1.29, 1.82) is 0 Å². The van der Waals surface area contributed by atoms with Gasteiger partial charge in [-0.1, -0.05) is 30.7 Å². The Bertz CT molecular complexity index is 492. The lowest BCUT2D eigenvalue weighted by atomic mass is 9.63. The molecule has 0 radical (unpaired) electrons. The van der Waals surface area contributed by atoms with Crippen molar-refractivity contribution in [2.24, 2.45) is 5.73 Å². The van der Waals surface area contributed by atoms with E-state index in [1.807, 2.05) is 6.20 Å². The molecule has 0 bridgehead atoms. The van der Waals surface area contributed by atoms with Crippen LogP contribution < -0.4 is 5.73 Å². The number of H-pyrrole nitrogens is 1. The van der Waals surface area contributed by atoms with Crippen LogP contribution in [0.15, 0.2) is 36.7 Å². The number of nitrogens with two attached hydrogens (primary N) is 1. The zero-order valence-corrected chi connectivity index (χ0v) is 9.82. The third-order valence-electron chi connectivity index (χ3n) is 3.95. The van der Waals surface area contributed by atoms with Crippen molar-refractivity contribution < 1.29 is 0 Å². The predicted molar refractivity (Wildman–Crippen MR) is 68.6 cm³/mol. The van der Waals surface area contributed by atoms with Crippen molar-refractivity contribution in [3.8, 4) is 11.4 Å². The lowest BCUT2D eigenvalue weighted by molar-refractivity contribution is 0.254. The average molecular weight is 227 g/mol. The van der Waals surface area contributed by atoms with E-state index in [4.69, 9.17) is 5.73 Å². The third kappa shape index (κ3) is 1.58. The van der Waals surface area contributed by atoms with E-state index in [1.165, 1.54) is 30.4 Å². The van der Waals surface area contributed by atoms with Crippen LogP contribution in [0.3, 0.4) is 0 Å². The van der Waals surface area contributed by atoms with E-state index in [2.05, 4.69) is 34.2 Å². The van der Waals surface area contributed by atoms with E-state index in [0.717, 1.165) is 12.4 Å². The second-order valence-electron chi connectivity index (χ2n) is 4.82. The normalized spacial score (nSPS) is 17.7. The van der Waals surface area contributed by atoms with Crippen LogP contribution in [0.25, 0.3) is 11.4 Å². The van der Waals surface area contributed by atoms with Crippen LogP contribution in [0, 0.1) is 0 Å². The van der Waals surface area contributed by atoms with Crippen molar-refractivity contribution in [3.05, 3.63) is 42.2 Å². The number of nitrogens with one attached hydrogen (secondary N) is 1. The van der Waals surface area contributed by atoms with Crippen LogP contribution in [-0.4, -0.2) is 16.5 Å². The van der Waals surface area contributed by atoms with Gasteiger partial charge in [0.05, 0.1) is 0 Å². The number of hydrogen-bond donors (Lipinski definition) is 2. The molecule has 3 N–H and O–H groups in total. The smallest absolute Gasteiger partial charge is 0.137 e. The Labute approximate surface area is 101 Å². The number of aromatic nitrogens is 2. The van der Waals surface area contributed by atoms with E-state index in [1.54, 1.807) is 6.20 Å². The molecule has 1 fully saturated rings. The Hall–Kier alpha value is -1.61. The minimum Gasteiger partial charge on any atom is -0.345 e. The molecule has 1 heterocycles. The highest BCUT2D eigenvalue weighted by molar-refractivity contribution is 5.62. The lowest BCUT2D eigenvalue weighted by Crippen LogP contribution is -2.41. The van der Waals surface area contributed by atoms with Crippen molar-refractivity contribution in [3.63, 3.8) is 0 Å². The van der Waals surface area contributed by atoms with Crippen LogP contribution in [0.2, 0.25) is 0 Å². The molecule has 3 heteroatoms. The van der Waals surface area contributed by atoms with Crippen molar-refractivity contribution in [2.75, 3.05) is 6.54 Å². The molecule has 0 unspecified atom stereocenters. The Morgan fingerprint density at radius 2 is 2.12 bits per heavy atom. The summed E-state index contributed by atoms with van der Waals surface area (Å²) in [5.41, 5.74) is 8.72. The molecule has 3 nitrogen and oxygen atoms in total. The molecule has 1 aliphatic carbocycles. The molecule has 0 saturated heterocycles. The number of nitrogens with zero attached hydrogens (tertiary/aromatic N) is 1. The molecule has 0 atom stereocenters. The Balaban J connectivity index is 2.11. The number of hydrogen-bond acceptors (Lipinski definition) is 2. The molecule has 0 spiro atoms. The van der Waals surface area contributed by atoms with Gasteiger partial charge in [0.15, 0.2) is 0 Å². The fraction of sp³-hybridized carbons (Fsp3) is 0.357. The number of aromatic amines is 1. The number of imidazole rings is 1. The Morgan fingerprint density at radius 3 is 2.71 bits per heavy atom. The van der Waals surface area contributed by atoms with Gasteiger partial charge >= 0.3 is 0 Å². The van der Waals surface area contributed by atoms with Gasteiger partial charge in [0.25, 0.3) is 0 Å². The molecule has 2 aromatic rings. The van der Waals surface area contributed by atoms with Crippen LogP contribution >= 0.6 is 0 Å². The summed E-state index contributed by atoms with van der Waals surface area (Å²) in [5.74, 6) is 0.945. The molecular weight excluding hydrogens is 210 g/mol. The molecule has 1 aliphatic rings. The first-order valence-electron chi connectivity index (χ1n) is 6.15. The average Bonchev–Trinajstić information content (AvgIpc) is 2.82. The topological polar surface area (TPSA) is 54.7 Å². The Morgan fingerprint density at radius 1 is 1.29 bits per heavy atom. The summed E-state index contributed by atoms with van der Waals surface area (Å²) >= 11 is 0. The van der Waals surface area contributed by atoms with Crippen LogP contribution in [0.5, 0.6) is 0 Å². The summed E-state index contributed by atoms with van der Waals surface area (Å²) in [4.78, 5) is 7.54. The quantitative estimate of drug-likeness (QED) is 0.846. The fourth-order valence-corrected chi connectivity index (χ4v) is 2.75. The maximum absolute atomic E-state index is 5.99. The first kappa shape index (κ1) is 10.5. The van der Waals surface area contributed by atoms with E-state index >= 15 is 0 Å². The predicted octanol–water partition coefficient (Wildman–Crippen LogP) is 2.46. The first-order chi connectivity index (χ1) is 8.36. The maximum Gasteiger partial charge on any atom is 0.137 e. The summed E-state index contributed by atoms with van der Waals surface area (Å²) in [6.45, 7) is 0.727. The second-order valence-corrected chi connectivity index (χ2v) is 4.82. The van der Waals surface area contributed by atoms with Gasteiger partial charge in [0.2, 0.25) is 0 Å². The van der Waals surface area contributed by atoms with Gasteiger partial charge in [-0.25, -0.2) is 4.98 Å². The maximum atomic E-state index is 5.99. The van der Waals surface area contributed by atoms with Crippen molar-refractivity contribution in [2.45, 2.75) is 24.7 Å². The largest absolute Gasteiger partial charge is 0.345 e. The van der Waals surface area contributed by atoms with Crippen LogP contribution in [0.4, 0.5) is 0 Å². The summed E-state index contributed by atoms with van der Waals surface area (Å²) in [6.07, 6.45) is 7.33. The van der Waals surface area contributed by atoms with Gasteiger partial charge in [-0.2, -0.15) is 0 Å². The molecular formula is C14H17N3. The molecule has 0 amide bonds. The van der Waals surface area contributed by atoms with Crippen LogP contribution in [-0.2, 0) is 5.41 Å². The zero-order chi connectivity index (χ0) is 11.7. The molecule has 1 aromatic carbocycles. The first-order valence-corrected chi connectivity index (χ1v) is 6.15. The summed E-state index contributed by atoms with van der Waals surface area (Å²) in [7, 11) is 0. The fourth-order valence-electron chi connectivity index (χ4n) is 2.75. The van der Waals surface area contributed by atoms with Gasteiger partial charge < -0.3 is 10.7 Å². The van der Waals surface area contributed by atoms with E-state index in [-0.39, 0.29) is 5.41 Å². The minimum atomic E-state index is 0.184. The molecule has 17 heavy (non-hydrogen) atoms. The van der Waals surface area contributed by atoms with E-state index < -0.39 is 0 Å². The minimum absolute atomic E-state index is 0.184. The molecule has 1 aromatic heterocycles. The van der Waals surface area contributed by atoms with Crippen LogP contribution in [0.1, 0.15) is 24.8 Å². The second kappa shape index (κ2) is 4.00. The van der Waals surface area contributed by atoms with Crippen molar-refractivity contribution >= 4 is 0 Å². The highest BCUT2D eigenvalue weighted by atomic mass is 14.9. The lowest BCUT2D eigenvalue weighted by Gasteiger charge is -2.42. The van der Waals surface area contributed by atoms with Gasteiger partial charge in [0.1, 0.15) is 5.82 Å². The molecule has 0 aliphatic heterocycles. The highest BCUT2D eigenvalue weighted by Crippen LogP contribution is 2.45. The highest BCUT2D eigenvalue weighted by Gasteiger charge is 2.39. The summed E-state index contributed by atoms with van der Waals surface area (Å²) in [5, 5.41) is 0. The van der Waals surface area contributed by atoms with Gasteiger partial charge in [0, 0.05) is 29.9 Å². The summed E-state index contributed by atoms with van der Waals surface area (Å²) in [6, 6.07) is 8.48. The molecule has 1 saturated carbocycles. The zero-order valence-electron chi connectivity index (χ0n) is 9.82. The van der Waals surface area contributed by atoms with Crippen molar-refractivity contribution in [1.82, 2.24) is 9.97 Å².